The zero-order valence-electron chi connectivity index (χ0n) is 11.6. The van der Waals surface area contributed by atoms with Crippen molar-refractivity contribution in [3.05, 3.63) is 24.3 Å². The van der Waals surface area contributed by atoms with E-state index in [1.807, 2.05) is 31.2 Å². The Balaban J connectivity index is 2.35. The molecule has 0 aliphatic rings. The van der Waals surface area contributed by atoms with Crippen LogP contribution in [0.4, 0.5) is 5.69 Å². The zero-order chi connectivity index (χ0) is 13.9. The quantitative estimate of drug-likeness (QED) is 0.667. The predicted molar refractivity (Wildman–Crippen MR) is 75.6 cm³/mol. The summed E-state index contributed by atoms with van der Waals surface area (Å²) < 4.78 is 10.4. The lowest BCUT2D eigenvalue weighted by Crippen LogP contribution is -2.24. The van der Waals surface area contributed by atoms with Gasteiger partial charge in [-0.3, -0.25) is 4.79 Å². The van der Waals surface area contributed by atoms with Crippen LogP contribution in [0.2, 0.25) is 0 Å². The molecule has 0 aliphatic carbocycles. The molecule has 0 bridgehead atoms. The van der Waals surface area contributed by atoms with Crippen LogP contribution in [-0.2, 0) is 9.53 Å². The lowest BCUT2D eigenvalue weighted by atomic mass is 10.2. The van der Waals surface area contributed by atoms with Gasteiger partial charge in [-0.15, -0.1) is 0 Å². The topological polar surface area (TPSA) is 59.6 Å². The number of amides is 1. The number of anilines is 1. The van der Waals surface area contributed by atoms with Gasteiger partial charge in [0.1, 0.15) is 5.75 Å². The fourth-order valence-corrected chi connectivity index (χ4v) is 1.57. The number of para-hydroxylation sites is 2. The van der Waals surface area contributed by atoms with Gasteiger partial charge in [-0.1, -0.05) is 12.1 Å². The summed E-state index contributed by atoms with van der Waals surface area (Å²) >= 11 is 0. The first kappa shape index (κ1) is 15.5. The van der Waals surface area contributed by atoms with Gasteiger partial charge in [0, 0.05) is 26.6 Å². The molecule has 5 heteroatoms. The maximum atomic E-state index is 11.8. The molecule has 2 N–H and O–H groups in total. The molecular formula is C14H22N2O3. The van der Waals surface area contributed by atoms with Gasteiger partial charge in [0.15, 0.2) is 0 Å². The van der Waals surface area contributed by atoms with Crippen LogP contribution in [0.1, 0.15) is 13.3 Å². The SMILES string of the molecule is CCOc1ccccc1NC(=O)CCNCCOC. The molecule has 1 aromatic carbocycles. The molecule has 1 amide bonds. The van der Waals surface area contributed by atoms with E-state index in [1.165, 1.54) is 0 Å². The van der Waals surface area contributed by atoms with Gasteiger partial charge in [0.25, 0.3) is 0 Å². The second kappa shape index (κ2) is 9.35. The Kier molecular flexibility index (Phi) is 7.62. The lowest BCUT2D eigenvalue weighted by molar-refractivity contribution is -0.116. The Labute approximate surface area is 114 Å². The number of hydrogen-bond acceptors (Lipinski definition) is 4. The zero-order valence-corrected chi connectivity index (χ0v) is 11.6. The Bertz CT molecular complexity index is 383. The van der Waals surface area contributed by atoms with Crippen LogP contribution in [0.5, 0.6) is 5.75 Å². The summed E-state index contributed by atoms with van der Waals surface area (Å²) in [6.07, 6.45) is 0.421. The van der Waals surface area contributed by atoms with Crippen LogP contribution in [0.25, 0.3) is 0 Å². The third kappa shape index (κ3) is 6.22. The van der Waals surface area contributed by atoms with E-state index in [4.69, 9.17) is 9.47 Å². The number of ether oxygens (including phenoxy) is 2. The molecule has 5 nitrogen and oxygen atoms in total. The van der Waals surface area contributed by atoms with E-state index in [9.17, 15) is 4.79 Å². The molecule has 0 atom stereocenters. The number of benzene rings is 1. The minimum absolute atomic E-state index is 0.0305. The molecule has 0 fully saturated rings. The summed E-state index contributed by atoms with van der Waals surface area (Å²) in [7, 11) is 1.65. The first-order valence-corrected chi connectivity index (χ1v) is 6.49. The fourth-order valence-electron chi connectivity index (χ4n) is 1.57. The molecule has 1 aromatic rings. The molecular weight excluding hydrogens is 244 g/mol. The first-order chi connectivity index (χ1) is 9.27. The van der Waals surface area contributed by atoms with E-state index >= 15 is 0 Å². The highest BCUT2D eigenvalue weighted by atomic mass is 16.5. The molecule has 0 radical (unpaired) electrons. The number of nitrogens with one attached hydrogen (secondary N) is 2. The van der Waals surface area contributed by atoms with Crippen molar-refractivity contribution in [1.29, 1.82) is 0 Å². The highest BCUT2D eigenvalue weighted by Crippen LogP contribution is 2.23. The summed E-state index contributed by atoms with van der Waals surface area (Å²) in [5, 5.41) is 5.98. The van der Waals surface area contributed by atoms with Crippen LogP contribution < -0.4 is 15.4 Å². The molecule has 0 saturated heterocycles. The van der Waals surface area contributed by atoms with E-state index in [-0.39, 0.29) is 5.91 Å². The standard InChI is InChI=1S/C14H22N2O3/c1-3-19-13-7-5-4-6-12(13)16-14(17)8-9-15-10-11-18-2/h4-7,15H,3,8-11H2,1-2H3,(H,16,17). The largest absolute Gasteiger partial charge is 0.492 e. The second-order valence-electron chi connectivity index (χ2n) is 3.97. The highest BCUT2D eigenvalue weighted by Gasteiger charge is 2.06. The molecule has 1 rings (SSSR count). The van der Waals surface area contributed by atoms with Crippen molar-refractivity contribution >= 4 is 11.6 Å². The molecule has 0 unspecified atom stereocenters. The Morgan fingerprint density at radius 1 is 1.26 bits per heavy atom. The van der Waals surface area contributed by atoms with Crippen LogP contribution in [0, 0.1) is 0 Å². The highest BCUT2D eigenvalue weighted by molar-refractivity contribution is 5.92. The lowest BCUT2D eigenvalue weighted by Gasteiger charge is -2.11. The summed E-state index contributed by atoms with van der Waals surface area (Å²) in [5.74, 6) is 0.669. The summed E-state index contributed by atoms with van der Waals surface area (Å²) in [6, 6.07) is 7.43. The van der Waals surface area contributed by atoms with E-state index in [0.717, 1.165) is 6.54 Å². The van der Waals surface area contributed by atoms with Crippen molar-refractivity contribution < 1.29 is 14.3 Å². The maximum Gasteiger partial charge on any atom is 0.225 e. The predicted octanol–water partition coefficient (Wildman–Crippen LogP) is 1.65. The Morgan fingerprint density at radius 2 is 2.05 bits per heavy atom. The van der Waals surface area contributed by atoms with E-state index in [2.05, 4.69) is 10.6 Å². The minimum atomic E-state index is -0.0305. The van der Waals surface area contributed by atoms with Gasteiger partial charge >= 0.3 is 0 Å². The van der Waals surface area contributed by atoms with Gasteiger partial charge in [-0.25, -0.2) is 0 Å². The van der Waals surface area contributed by atoms with E-state index in [0.29, 0.717) is 37.6 Å². The number of carbonyl (C=O) groups excluding carboxylic acids is 1. The molecule has 106 valence electrons. The smallest absolute Gasteiger partial charge is 0.225 e. The van der Waals surface area contributed by atoms with Crippen molar-refractivity contribution in [3.63, 3.8) is 0 Å². The molecule has 0 aliphatic heterocycles. The van der Waals surface area contributed by atoms with E-state index < -0.39 is 0 Å². The number of methoxy groups -OCH3 is 1. The first-order valence-electron chi connectivity index (χ1n) is 6.49. The molecule has 0 saturated carbocycles. The van der Waals surface area contributed by atoms with Crippen LogP contribution in [0.3, 0.4) is 0 Å². The molecule has 0 aromatic heterocycles. The average molecular weight is 266 g/mol. The van der Waals surface area contributed by atoms with Gasteiger partial charge in [0.05, 0.1) is 18.9 Å². The maximum absolute atomic E-state index is 11.8. The summed E-state index contributed by atoms with van der Waals surface area (Å²) in [5.41, 5.74) is 0.714. The van der Waals surface area contributed by atoms with Crippen molar-refractivity contribution in [2.24, 2.45) is 0 Å². The second-order valence-corrected chi connectivity index (χ2v) is 3.97. The van der Waals surface area contributed by atoms with Gasteiger partial charge in [0.2, 0.25) is 5.91 Å². The average Bonchev–Trinajstić information content (AvgIpc) is 2.41. The Morgan fingerprint density at radius 3 is 2.79 bits per heavy atom. The summed E-state index contributed by atoms with van der Waals surface area (Å²) in [4.78, 5) is 11.8. The third-order valence-electron chi connectivity index (χ3n) is 2.47. The molecule has 0 heterocycles. The van der Waals surface area contributed by atoms with Crippen molar-refractivity contribution in [2.45, 2.75) is 13.3 Å². The molecule has 19 heavy (non-hydrogen) atoms. The van der Waals surface area contributed by atoms with Crippen molar-refractivity contribution in [3.8, 4) is 5.75 Å². The van der Waals surface area contributed by atoms with Gasteiger partial charge in [-0.05, 0) is 19.1 Å². The van der Waals surface area contributed by atoms with Crippen molar-refractivity contribution in [2.75, 3.05) is 38.7 Å². The van der Waals surface area contributed by atoms with Gasteiger partial charge < -0.3 is 20.1 Å². The number of hydrogen-bond donors (Lipinski definition) is 2. The monoisotopic (exact) mass is 266 g/mol. The number of carbonyl (C=O) groups is 1. The van der Waals surface area contributed by atoms with Gasteiger partial charge in [-0.2, -0.15) is 0 Å². The van der Waals surface area contributed by atoms with Crippen molar-refractivity contribution in [1.82, 2.24) is 5.32 Å². The fraction of sp³-hybridized carbons (Fsp3) is 0.500. The molecule has 0 spiro atoms. The van der Waals surface area contributed by atoms with Crippen LogP contribution in [0.15, 0.2) is 24.3 Å². The van der Waals surface area contributed by atoms with Crippen LogP contribution in [-0.4, -0.2) is 39.3 Å². The minimum Gasteiger partial charge on any atom is -0.492 e. The third-order valence-corrected chi connectivity index (χ3v) is 2.47. The summed E-state index contributed by atoms with van der Waals surface area (Å²) in [6.45, 7) is 4.52. The Hall–Kier alpha value is -1.59. The normalized spacial score (nSPS) is 10.2. The van der Waals surface area contributed by atoms with E-state index in [1.54, 1.807) is 7.11 Å². The number of rotatable bonds is 9. The van der Waals surface area contributed by atoms with Crippen LogP contribution >= 0.6 is 0 Å².